The SMILES string of the molecule is c1ccc(-c2nc(-c3cccc4sc5ccccc5c34)nc3c2Cc2ccc4c5c(ccc4c2)-c2cc4ccccc4cc2CCC5c2c-3ccc3oc4ccccc4c23)cc1. The van der Waals surface area contributed by atoms with Crippen LogP contribution in [-0.4, -0.2) is 9.97 Å². The van der Waals surface area contributed by atoms with E-state index < -0.39 is 0 Å². The summed E-state index contributed by atoms with van der Waals surface area (Å²) in [7, 11) is 0. The van der Waals surface area contributed by atoms with E-state index in [1.54, 1.807) is 0 Å². The van der Waals surface area contributed by atoms with Crippen LogP contribution in [-0.2, 0) is 12.8 Å². The Balaban J connectivity index is 1.15. The maximum absolute atomic E-state index is 6.78. The molecule has 0 saturated heterocycles. The lowest BCUT2D eigenvalue weighted by atomic mass is 9.78. The van der Waals surface area contributed by atoms with Gasteiger partial charge in [0.05, 0.1) is 11.4 Å². The minimum atomic E-state index is 0.0311. The highest BCUT2D eigenvalue weighted by molar-refractivity contribution is 7.25. The van der Waals surface area contributed by atoms with Gasteiger partial charge in [-0.2, -0.15) is 0 Å². The normalized spacial score (nSPS) is 14.4. The Morgan fingerprint density at radius 3 is 2.18 bits per heavy atom. The zero-order valence-electron chi connectivity index (χ0n) is 33.7. The summed E-state index contributed by atoms with van der Waals surface area (Å²) in [5.74, 6) is 0.774. The molecule has 0 radical (unpaired) electrons. The van der Waals surface area contributed by atoms with Gasteiger partial charge in [-0.05, 0) is 104 Å². The van der Waals surface area contributed by atoms with Crippen molar-refractivity contribution < 1.29 is 4.42 Å². The van der Waals surface area contributed by atoms with E-state index in [-0.39, 0.29) is 5.92 Å². The summed E-state index contributed by atoms with van der Waals surface area (Å²) in [6, 6.07) is 64.8. The molecule has 3 aliphatic rings. The minimum absolute atomic E-state index is 0.0311. The van der Waals surface area contributed by atoms with Gasteiger partial charge in [-0.15, -0.1) is 11.3 Å². The largest absolute Gasteiger partial charge is 0.456 e. The minimum Gasteiger partial charge on any atom is -0.456 e. The molecular weight excluding hydrogens is 773 g/mol. The molecule has 9 aromatic carbocycles. The first kappa shape index (κ1) is 34.3. The Morgan fingerprint density at radius 1 is 0.484 bits per heavy atom. The number of furan rings is 1. The molecular formula is C58H36N2OS. The molecule has 290 valence electrons. The summed E-state index contributed by atoms with van der Waals surface area (Å²) in [5.41, 5.74) is 16.1. The average molecular weight is 809 g/mol. The molecule has 12 aromatic rings. The topological polar surface area (TPSA) is 38.9 Å². The molecule has 0 aliphatic heterocycles. The molecule has 15 rings (SSSR count). The Hall–Kier alpha value is -7.40. The quantitative estimate of drug-likeness (QED) is 0.175. The fourth-order valence-corrected chi connectivity index (χ4v) is 12.1. The Labute approximate surface area is 361 Å². The maximum Gasteiger partial charge on any atom is 0.161 e. The number of nitrogens with zero attached hydrogens (tertiary/aromatic N) is 2. The van der Waals surface area contributed by atoms with E-state index in [0.29, 0.717) is 6.42 Å². The van der Waals surface area contributed by atoms with Gasteiger partial charge >= 0.3 is 0 Å². The van der Waals surface area contributed by atoms with Crippen LogP contribution in [0.4, 0.5) is 0 Å². The first-order valence-electron chi connectivity index (χ1n) is 21.6. The van der Waals surface area contributed by atoms with E-state index in [2.05, 4.69) is 176 Å². The predicted octanol–water partition coefficient (Wildman–Crippen LogP) is 15.7. The summed E-state index contributed by atoms with van der Waals surface area (Å²) >= 11 is 1.83. The smallest absolute Gasteiger partial charge is 0.161 e. The molecule has 4 heteroatoms. The van der Waals surface area contributed by atoms with Gasteiger partial charge in [0.2, 0.25) is 0 Å². The monoisotopic (exact) mass is 808 g/mol. The molecule has 0 amide bonds. The zero-order valence-corrected chi connectivity index (χ0v) is 34.5. The van der Waals surface area contributed by atoms with Gasteiger partial charge in [-0.1, -0.05) is 140 Å². The van der Waals surface area contributed by atoms with Crippen LogP contribution < -0.4 is 0 Å². The van der Waals surface area contributed by atoms with Gasteiger partial charge in [-0.3, -0.25) is 0 Å². The van der Waals surface area contributed by atoms with E-state index in [9.17, 15) is 0 Å². The Bertz CT molecular complexity index is 3860. The second-order valence-electron chi connectivity index (χ2n) is 17.1. The van der Waals surface area contributed by atoms with Gasteiger partial charge in [0.25, 0.3) is 0 Å². The number of aromatic nitrogens is 2. The van der Waals surface area contributed by atoms with E-state index in [0.717, 1.165) is 68.9 Å². The molecule has 0 saturated carbocycles. The fourth-order valence-electron chi connectivity index (χ4n) is 11.0. The molecule has 3 aromatic heterocycles. The summed E-state index contributed by atoms with van der Waals surface area (Å²) in [6.45, 7) is 0. The summed E-state index contributed by atoms with van der Waals surface area (Å²) in [6.07, 6.45) is 2.56. The van der Waals surface area contributed by atoms with Crippen molar-refractivity contribution in [2.45, 2.75) is 25.2 Å². The fraction of sp³-hybridized carbons (Fsp3) is 0.0690. The van der Waals surface area contributed by atoms with Crippen LogP contribution >= 0.6 is 11.3 Å². The van der Waals surface area contributed by atoms with Gasteiger partial charge in [0, 0.05) is 65.5 Å². The van der Waals surface area contributed by atoms with E-state index >= 15 is 0 Å². The molecule has 62 heavy (non-hydrogen) atoms. The molecule has 0 spiro atoms. The highest BCUT2D eigenvalue weighted by Gasteiger charge is 2.33. The van der Waals surface area contributed by atoms with Crippen LogP contribution in [0, 0.1) is 0 Å². The van der Waals surface area contributed by atoms with Crippen LogP contribution in [0.15, 0.2) is 180 Å². The molecule has 4 bridgehead atoms. The van der Waals surface area contributed by atoms with Gasteiger partial charge < -0.3 is 4.42 Å². The third-order valence-corrected chi connectivity index (χ3v) is 14.8. The van der Waals surface area contributed by atoms with Crippen LogP contribution in [0.5, 0.6) is 0 Å². The van der Waals surface area contributed by atoms with Gasteiger partial charge in [0.1, 0.15) is 11.2 Å². The van der Waals surface area contributed by atoms with Crippen molar-refractivity contribution in [3.63, 3.8) is 0 Å². The highest BCUT2D eigenvalue weighted by Crippen LogP contribution is 2.52. The number of rotatable bonds is 2. The lowest BCUT2D eigenvalue weighted by Crippen LogP contribution is -2.09. The number of hydrogen-bond acceptors (Lipinski definition) is 4. The highest BCUT2D eigenvalue weighted by atomic mass is 32.1. The van der Waals surface area contributed by atoms with Crippen molar-refractivity contribution >= 4 is 75.0 Å². The Morgan fingerprint density at radius 2 is 1.26 bits per heavy atom. The summed E-state index contributed by atoms with van der Waals surface area (Å²) < 4.78 is 9.28. The van der Waals surface area contributed by atoms with E-state index in [1.807, 2.05) is 11.3 Å². The molecule has 0 fully saturated rings. The molecule has 3 heterocycles. The van der Waals surface area contributed by atoms with Gasteiger partial charge in [-0.25, -0.2) is 9.97 Å². The van der Waals surface area contributed by atoms with Crippen molar-refractivity contribution in [1.29, 1.82) is 0 Å². The molecule has 1 atom stereocenters. The van der Waals surface area contributed by atoms with Gasteiger partial charge in [0.15, 0.2) is 5.82 Å². The number of hydrogen-bond donors (Lipinski definition) is 0. The van der Waals surface area contributed by atoms with E-state index in [4.69, 9.17) is 14.4 Å². The van der Waals surface area contributed by atoms with Crippen LogP contribution in [0.3, 0.4) is 0 Å². The summed E-state index contributed by atoms with van der Waals surface area (Å²) in [4.78, 5) is 11.5. The molecule has 3 nitrogen and oxygen atoms in total. The molecule has 1 unspecified atom stereocenters. The second-order valence-corrected chi connectivity index (χ2v) is 18.2. The summed E-state index contributed by atoms with van der Waals surface area (Å²) in [5, 5.41) is 9.89. The second kappa shape index (κ2) is 13.1. The van der Waals surface area contributed by atoms with Crippen LogP contribution in [0.1, 0.15) is 40.2 Å². The van der Waals surface area contributed by atoms with Crippen molar-refractivity contribution in [1.82, 2.24) is 9.97 Å². The number of benzene rings is 9. The van der Waals surface area contributed by atoms with Crippen molar-refractivity contribution in [3.05, 3.63) is 204 Å². The first-order valence-corrected chi connectivity index (χ1v) is 22.4. The lowest BCUT2D eigenvalue weighted by molar-refractivity contribution is 0.667. The zero-order chi connectivity index (χ0) is 40.5. The third-order valence-electron chi connectivity index (χ3n) is 13.7. The van der Waals surface area contributed by atoms with E-state index in [1.165, 1.54) is 80.5 Å². The van der Waals surface area contributed by atoms with Crippen molar-refractivity contribution in [2.75, 3.05) is 0 Å². The van der Waals surface area contributed by atoms with Crippen molar-refractivity contribution in [3.8, 4) is 45.0 Å². The number of thiophene rings is 1. The lowest BCUT2D eigenvalue weighted by Gasteiger charge is -2.25. The van der Waals surface area contributed by atoms with Crippen molar-refractivity contribution in [2.24, 2.45) is 0 Å². The third kappa shape index (κ3) is 4.99. The number of para-hydroxylation sites is 1. The number of aryl methyl sites for hydroxylation is 1. The average Bonchev–Trinajstić information content (AvgIpc) is 3.85. The van der Waals surface area contributed by atoms with Crippen LogP contribution in [0.25, 0.3) is 109 Å². The standard InChI is InChI=1S/C58H36N2OS/c1-2-11-34(12-3-1)56-47-30-33-21-24-39-37(29-33)22-25-40-46-32-36-14-5-4-13-35(36)31-38(46)23-26-43(52(39)40)54-44(27-28-49-55(54)41-15-6-8-18-48(41)61-49)57(47)60-58(59-56)45-17-10-20-51-53(45)42-16-7-9-19-50(42)62-51/h1-22,24-25,27-29,31-32,43H,23,26,30H2. The molecule has 0 N–H and O–H groups in total. The maximum atomic E-state index is 6.78. The first-order chi connectivity index (χ1) is 30.7. The number of fused-ring (bicyclic) bond motifs is 10. The Kier molecular flexibility index (Phi) is 7.23. The van der Waals surface area contributed by atoms with Crippen LogP contribution in [0.2, 0.25) is 0 Å². The molecule has 3 aliphatic carbocycles. The predicted molar refractivity (Wildman–Crippen MR) is 258 cm³/mol.